The normalized spacial score (nSPS) is 16.3. The fourth-order valence-electron chi connectivity index (χ4n) is 3.80. The summed E-state index contributed by atoms with van der Waals surface area (Å²) < 4.78 is 15.0. The molecule has 5 heteroatoms. The zero-order valence-electron chi connectivity index (χ0n) is 15.5. The summed E-state index contributed by atoms with van der Waals surface area (Å²) in [5.74, 6) is 0.122. The Bertz CT molecular complexity index is 977. The van der Waals surface area contributed by atoms with E-state index >= 15 is 0 Å². The highest BCUT2D eigenvalue weighted by Crippen LogP contribution is 2.35. The molecule has 1 unspecified atom stereocenters. The molecule has 0 N–H and O–H groups in total. The molecule has 0 radical (unpaired) electrons. The van der Waals surface area contributed by atoms with E-state index in [-0.39, 0.29) is 11.7 Å². The Hall–Kier alpha value is -2.95. The number of carbonyl (C=O) groups is 1. The topological polar surface area (TPSA) is 38.1 Å². The van der Waals surface area contributed by atoms with Gasteiger partial charge in [0.15, 0.2) is 0 Å². The van der Waals surface area contributed by atoms with E-state index < -0.39 is 0 Å². The maximum Gasteiger partial charge on any atom is 0.261 e. The highest BCUT2D eigenvalue weighted by molar-refractivity contribution is 6.07. The van der Waals surface area contributed by atoms with Crippen molar-refractivity contribution in [3.8, 4) is 5.69 Å². The van der Waals surface area contributed by atoms with Crippen LogP contribution in [0.4, 0.5) is 10.1 Å². The Morgan fingerprint density at radius 1 is 1.19 bits per heavy atom. The molecule has 2 heterocycles. The van der Waals surface area contributed by atoms with Crippen molar-refractivity contribution in [2.24, 2.45) is 0 Å². The van der Waals surface area contributed by atoms with Gasteiger partial charge in [0.2, 0.25) is 0 Å². The molecule has 1 aliphatic rings. The van der Waals surface area contributed by atoms with Gasteiger partial charge in [-0.25, -0.2) is 9.07 Å². The Morgan fingerprint density at radius 2 is 1.93 bits per heavy atom. The lowest BCUT2D eigenvalue weighted by Gasteiger charge is -2.33. The van der Waals surface area contributed by atoms with Crippen molar-refractivity contribution in [3.05, 3.63) is 77.4 Å². The molecule has 0 bridgehead atoms. The fourth-order valence-corrected chi connectivity index (χ4v) is 3.80. The third-order valence-electron chi connectivity index (χ3n) is 5.29. The van der Waals surface area contributed by atoms with Gasteiger partial charge in [-0.05, 0) is 54.7 Å². The van der Waals surface area contributed by atoms with Crippen LogP contribution in [-0.2, 0) is 6.42 Å². The number of fused-ring (bicyclic) bond motifs is 1. The van der Waals surface area contributed by atoms with E-state index in [2.05, 4.69) is 18.1 Å². The minimum atomic E-state index is -0.292. The lowest BCUT2D eigenvalue weighted by molar-refractivity contribution is 0.0983. The van der Waals surface area contributed by atoms with Crippen LogP contribution in [0.1, 0.15) is 47.8 Å². The second kappa shape index (κ2) is 6.99. The van der Waals surface area contributed by atoms with Crippen molar-refractivity contribution in [1.82, 2.24) is 9.78 Å². The Balaban J connectivity index is 1.73. The summed E-state index contributed by atoms with van der Waals surface area (Å²) in [5, 5.41) is 4.42. The standard InChI is InChI=1S/C22H22FN3O/c1-3-20-19(14-24-26(20)17-10-8-16(23)9-11-17)22(27)25-13-12-15(2)18-6-4-5-7-21(18)25/h4-11,14-15H,3,12-13H2,1-2H3. The van der Waals surface area contributed by atoms with Gasteiger partial charge in [0.25, 0.3) is 5.91 Å². The number of aromatic nitrogens is 2. The van der Waals surface area contributed by atoms with Crippen LogP contribution >= 0.6 is 0 Å². The van der Waals surface area contributed by atoms with Crippen molar-refractivity contribution >= 4 is 11.6 Å². The number of rotatable bonds is 3. The van der Waals surface area contributed by atoms with Gasteiger partial charge in [-0.15, -0.1) is 0 Å². The van der Waals surface area contributed by atoms with E-state index in [9.17, 15) is 9.18 Å². The molecule has 4 rings (SSSR count). The minimum Gasteiger partial charge on any atom is -0.308 e. The number of hydrogen-bond donors (Lipinski definition) is 0. The SMILES string of the molecule is CCc1c(C(=O)N2CCC(C)c3ccccc32)cnn1-c1ccc(F)cc1. The molecule has 138 valence electrons. The molecule has 0 saturated heterocycles. The van der Waals surface area contributed by atoms with Gasteiger partial charge in [-0.1, -0.05) is 32.0 Å². The summed E-state index contributed by atoms with van der Waals surface area (Å²) in [7, 11) is 0. The molecule has 3 aromatic rings. The summed E-state index contributed by atoms with van der Waals surface area (Å²) in [6, 6.07) is 14.3. The molecule has 0 spiro atoms. The van der Waals surface area contributed by atoms with Crippen molar-refractivity contribution < 1.29 is 9.18 Å². The van der Waals surface area contributed by atoms with Crippen molar-refractivity contribution in [2.75, 3.05) is 11.4 Å². The summed E-state index contributed by atoms with van der Waals surface area (Å²) in [6.45, 7) is 4.90. The maximum atomic E-state index is 13.4. The number of amides is 1. The summed E-state index contributed by atoms with van der Waals surface area (Å²) in [4.78, 5) is 15.2. The summed E-state index contributed by atoms with van der Waals surface area (Å²) >= 11 is 0. The Kier molecular flexibility index (Phi) is 4.52. The number of benzene rings is 2. The quantitative estimate of drug-likeness (QED) is 0.675. The molecule has 1 aliphatic heterocycles. The second-order valence-electron chi connectivity index (χ2n) is 6.95. The van der Waals surface area contributed by atoms with Gasteiger partial charge in [0.1, 0.15) is 5.82 Å². The molecule has 0 fully saturated rings. The Labute approximate surface area is 158 Å². The number of halogens is 1. The van der Waals surface area contributed by atoms with E-state index in [0.717, 1.165) is 23.5 Å². The molecule has 1 amide bonds. The van der Waals surface area contributed by atoms with E-state index in [1.807, 2.05) is 30.0 Å². The third-order valence-corrected chi connectivity index (χ3v) is 5.29. The monoisotopic (exact) mass is 363 g/mol. The molecule has 0 aliphatic carbocycles. The minimum absolute atomic E-state index is 0.0282. The summed E-state index contributed by atoms with van der Waals surface area (Å²) in [6.07, 6.45) is 3.23. The number of carbonyl (C=O) groups excluding carboxylic acids is 1. The second-order valence-corrected chi connectivity index (χ2v) is 6.95. The number of hydrogen-bond acceptors (Lipinski definition) is 2. The highest BCUT2D eigenvalue weighted by atomic mass is 19.1. The first-order chi connectivity index (χ1) is 13.1. The van der Waals surface area contributed by atoms with E-state index in [1.165, 1.54) is 17.7 Å². The van der Waals surface area contributed by atoms with Gasteiger partial charge >= 0.3 is 0 Å². The van der Waals surface area contributed by atoms with Crippen LogP contribution in [0, 0.1) is 5.82 Å². The molecule has 0 saturated carbocycles. The van der Waals surface area contributed by atoms with Crippen LogP contribution in [0.5, 0.6) is 0 Å². The molecule has 27 heavy (non-hydrogen) atoms. The number of para-hydroxylation sites is 1. The van der Waals surface area contributed by atoms with Crippen LogP contribution in [0.25, 0.3) is 5.69 Å². The number of nitrogens with zero attached hydrogens (tertiary/aromatic N) is 3. The molecule has 1 atom stereocenters. The smallest absolute Gasteiger partial charge is 0.261 e. The zero-order valence-corrected chi connectivity index (χ0v) is 15.5. The van der Waals surface area contributed by atoms with Crippen molar-refractivity contribution in [2.45, 2.75) is 32.6 Å². The first-order valence-electron chi connectivity index (χ1n) is 9.33. The Morgan fingerprint density at radius 3 is 2.67 bits per heavy atom. The molecule has 1 aromatic heterocycles. The molecular formula is C22H22FN3O. The first kappa shape index (κ1) is 17.5. The number of anilines is 1. The fraction of sp³-hybridized carbons (Fsp3) is 0.273. The lowest BCUT2D eigenvalue weighted by atomic mass is 9.91. The van der Waals surface area contributed by atoms with Gasteiger partial charge in [-0.3, -0.25) is 4.79 Å². The summed E-state index contributed by atoms with van der Waals surface area (Å²) in [5.41, 5.74) is 4.38. The van der Waals surface area contributed by atoms with Gasteiger partial charge < -0.3 is 4.90 Å². The zero-order chi connectivity index (χ0) is 19.0. The highest BCUT2D eigenvalue weighted by Gasteiger charge is 2.29. The molecular weight excluding hydrogens is 341 g/mol. The van der Waals surface area contributed by atoms with Gasteiger partial charge in [-0.2, -0.15) is 5.10 Å². The molecule has 2 aromatic carbocycles. The van der Waals surface area contributed by atoms with Gasteiger partial charge in [0.05, 0.1) is 23.1 Å². The lowest BCUT2D eigenvalue weighted by Crippen LogP contribution is -2.36. The van der Waals surface area contributed by atoms with E-state index in [1.54, 1.807) is 23.0 Å². The van der Waals surface area contributed by atoms with Crippen LogP contribution in [-0.4, -0.2) is 22.2 Å². The van der Waals surface area contributed by atoms with Crippen LogP contribution < -0.4 is 4.90 Å². The van der Waals surface area contributed by atoms with Gasteiger partial charge in [0, 0.05) is 12.2 Å². The van der Waals surface area contributed by atoms with E-state index in [4.69, 9.17) is 0 Å². The van der Waals surface area contributed by atoms with E-state index in [0.29, 0.717) is 24.4 Å². The van der Waals surface area contributed by atoms with Crippen molar-refractivity contribution in [1.29, 1.82) is 0 Å². The van der Waals surface area contributed by atoms with Crippen LogP contribution in [0.3, 0.4) is 0 Å². The van der Waals surface area contributed by atoms with Crippen LogP contribution in [0.15, 0.2) is 54.7 Å². The molecule has 4 nitrogen and oxygen atoms in total. The van der Waals surface area contributed by atoms with Crippen LogP contribution in [0.2, 0.25) is 0 Å². The predicted molar refractivity (Wildman–Crippen MR) is 104 cm³/mol. The average molecular weight is 363 g/mol. The van der Waals surface area contributed by atoms with Crippen molar-refractivity contribution in [3.63, 3.8) is 0 Å². The third kappa shape index (κ3) is 3.03. The largest absolute Gasteiger partial charge is 0.308 e. The maximum absolute atomic E-state index is 13.4. The first-order valence-corrected chi connectivity index (χ1v) is 9.33. The predicted octanol–water partition coefficient (Wildman–Crippen LogP) is 4.73. The average Bonchev–Trinajstić information content (AvgIpc) is 3.12.